The van der Waals surface area contributed by atoms with Crippen LogP contribution in [0.3, 0.4) is 0 Å². The number of nitriles is 1. The van der Waals surface area contributed by atoms with Crippen molar-refractivity contribution in [2.75, 3.05) is 6.61 Å². The molecule has 0 atom stereocenters. The van der Waals surface area contributed by atoms with Gasteiger partial charge in [0.15, 0.2) is 0 Å². The van der Waals surface area contributed by atoms with Gasteiger partial charge in [0.25, 0.3) is 5.91 Å². The number of benzene rings is 2. The van der Waals surface area contributed by atoms with Gasteiger partial charge >= 0.3 is 5.97 Å². The average Bonchev–Trinajstić information content (AvgIpc) is 2.84. The summed E-state index contributed by atoms with van der Waals surface area (Å²) >= 11 is 0. The largest absolute Gasteiger partial charge is 0.462 e. The summed E-state index contributed by atoms with van der Waals surface area (Å²) in [5.41, 5.74) is 3.46. The van der Waals surface area contributed by atoms with Crippen molar-refractivity contribution in [2.45, 2.75) is 48.0 Å². The van der Waals surface area contributed by atoms with Gasteiger partial charge in [0.05, 0.1) is 17.9 Å². The van der Waals surface area contributed by atoms with Crippen molar-refractivity contribution in [3.8, 4) is 6.07 Å². The summed E-state index contributed by atoms with van der Waals surface area (Å²) in [7, 11) is 0. The van der Waals surface area contributed by atoms with Gasteiger partial charge in [0, 0.05) is 11.1 Å². The molecule has 1 heterocycles. The average molecular weight is 497 g/mol. The van der Waals surface area contributed by atoms with Crippen molar-refractivity contribution in [3.05, 3.63) is 99.8 Å². The minimum absolute atomic E-state index is 0.0157. The highest BCUT2D eigenvalue weighted by molar-refractivity contribution is 6.05. The van der Waals surface area contributed by atoms with E-state index in [-0.39, 0.29) is 17.9 Å². The number of carbonyl (C=O) groups is 2. The number of amides is 1. The molecule has 0 saturated heterocycles. The standard InChI is InChI=1S/C30H32N4O3/c1-7-37-29(36)25-19(2)32-20(3)33-26(25)28(35)34-27(30(4,5)6)24(18-31)23-15-13-22(14-16-23)17-21-11-9-8-10-12-21/h8-16H,7,17H2,1-6H3,(H,34,35)/b27-24-. The van der Waals surface area contributed by atoms with E-state index >= 15 is 0 Å². The quantitative estimate of drug-likeness (QED) is 0.339. The SMILES string of the molecule is CCOC(=O)c1c(C)nc(C)nc1C(=O)N/C(=C(/C#N)c1ccc(Cc2ccccc2)cc1)C(C)(C)C. The normalized spacial score (nSPS) is 11.8. The van der Waals surface area contributed by atoms with Gasteiger partial charge in [-0.1, -0.05) is 75.4 Å². The van der Waals surface area contributed by atoms with Crippen molar-refractivity contribution in [1.82, 2.24) is 15.3 Å². The van der Waals surface area contributed by atoms with Crippen LogP contribution in [0, 0.1) is 30.6 Å². The first-order valence-corrected chi connectivity index (χ1v) is 12.2. The Hall–Kier alpha value is -4.31. The van der Waals surface area contributed by atoms with Crippen LogP contribution in [0.5, 0.6) is 0 Å². The second-order valence-corrected chi connectivity index (χ2v) is 9.73. The van der Waals surface area contributed by atoms with Crippen LogP contribution in [0.4, 0.5) is 0 Å². The molecule has 3 rings (SSSR count). The number of hydrogen-bond acceptors (Lipinski definition) is 6. The number of hydrogen-bond donors (Lipinski definition) is 1. The van der Waals surface area contributed by atoms with Crippen molar-refractivity contribution < 1.29 is 14.3 Å². The number of aromatic nitrogens is 2. The molecular weight excluding hydrogens is 464 g/mol. The number of ether oxygens (including phenoxy) is 1. The molecule has 0 unspecified atom stereocenters. The molecule has 0 aliphatic heterocycles. The Balaban J connectivity index is 2.01. The van der Waals surface area contributed by atoms with Gasteiger partial charge in [-0.3, -0.25) is 4.79 Å². The molecule has 0 radical (unpaired) electrons. The van der Waals surface area contributed by atoms with E-state index in [2.05, 4.69) is 33.5 Å². The Kier molecular flexibility index (Phi) is 8.56. The first-order valence-electron chi connectivity index (χ1n) is 12.2. The lowest BCUT2D eigenvalue weighted by Gasteiger charge is -2.26. The molecule has 0 aliphatic carbocycles. The lowest BCUT2D eigenvalue weighted by Crippen LogP contribution is -2.33. The monoisotopic (exact) mass is 496 g/mol. The molecule has 37 heavy (non-hydrogen) atoms. The number of aryl methyl sites for hydroxylation is 2. The summed E-state index contributed by atoms with van der Waals surface area (Å²) in [6.45, 7) is 10.9. The highest BCUT2D eigenvalue weighted by Gasteiger charge is 2.29. The number of esters is 1. The van der Waals surface area contributed by atoms with Crippen LogP contribution in [-0.2, 0) is 11.2 Å². The van der Waals surface area contributed by atoms with Crippen LogP contribution in [0.2, 0.25) is 0 Å². The van der Waals surface area contributed by atoms with Crippen molar-refractivity contribution >= 4 is 17.4 Å². The smallest absolute Gasteiger partial charge is 0.342 e. The summed E-state index contributed by atoms with van der Waals surface area (Å²) in [4.78, 5) is 34.6. The van der Waals surface area contributed by atoms with E-state index in [1.165, 1.54) is 5.56 Å². The topological polar surface area (TPSA) is 105 Å². The van der Waals surface area contributed by atoms with Crippen molar-refractivity contribution in [1.29, 1.82) is 5.26 Å². The fourth-order valence-electron chi connectivity index (χ4n) is 4.01. The highest BCUT2D eigenvalue weighted by atomic mass is 16.5. The number of nitrogens with zero attached hydrogens (tertiary/aromatic N) is 3. The predicted octanol–water partition coefficient (Wildman–Crippen LogP) is 5.57. The molecule has 7 heteroatoms. The zero-order valence-electron chi connectivity index (χ0n) is 22.2. The summed E-state index contributed by atoms with van der Waals surface area (Å²) in [5.74, 6) is -0.914. The van der Waals surface area contributed by atoms with Crippen LogP contribution in [-0.4, -0.2) is 28.5 Å². The highest BCUT2D eigenvalue weighted by Crippen LogP contribution is 2.31. The van der Waals surface area contributed by atoms with Crippen molar-refractivity contribution in [3.63, 3.8) is 0 Å². The number of allylic oxidation sites excluding steroid dienone is 2. The Morgan fingerprint density at radius 1 is 0.973 bits per heavy atom. The third-order valence-electron chi connectivity index (χ3n) is 5.74. The molecule has 0 aliphatic rings. The van der Waals surface area contributed by atoms with Gasteiger partial charge in [-0.2, -0.15) is 5.26 Å². The molecule has 1 aromatic heterocycles. The van der Waals surface area contributed by atoms with Gasteiger partial charge < -0.3 is 10.1 Å². The van der Waals surface area contributed by atoms with Gasteiger partial charge in [-0.25, -0.2) is 14.8 Å². The number of carbonyl (C=O) groups excluding carboxylic acids is 2. The molecule has 1 amide bonds. The molecule has 7 nitrogen and oxygen atoms in total. The predicted molar refractivity (Wildman–Crippen MR) is 143 cm³/mol. The Morgan fingerprint density at radius 3 is 2.16 bits per heavy atom. The van der Waals surface area contributed by atoms with Gasteiger partial charge in [0.1, 0.15) is 23.2 Å². The van der Waals surface area contributed by atoms with Crippen LogP contribution in [0.15, 0.2) is 60.3 Å². The number of rotatable bonds is 7. The minimum atomic E-state index is -0.666. The fraction of sp³-hybridized carbons (Fsp3) is 0.300. The molecule has 0 spiro atoms. The maximum absolute atomic E-state index is 13.5. The van der Waals surface area contributed by atoms with E-state index in [0.29, 0.717) is 28.4 Å². The second-order valence-electron chi connectivity index (χ2n) is 9.73. The third kappa shape index (κ3) is 6.68. The first kappa shape index (κ1) is 27.3. The van der Waals surface area contributed by atoms with E-state index in [1.807, 2.05) is 63.2 Å². The fourth-order valence-corrected chi connectivity index (χ4v) is 4.01. The zero-order valence-corrected chi connectivity index (χ0v) is 22.2. The Bertz CT molecular complexity index is 1360. The molecule has 190 valence electrons. The van der Waals surface area contributed by atoms with Crippen LogP contribution < -0.4 is 5.32 Å². The molecule has 0 fully saturated rings. The van der Waals surface area contributed by atoms with E-state index in [4.69, 9.17) is 4.74 Å². The maximum Gasteiger partial charge on any atom is 0.342 e. The third-order valence-corrected chi connectivity index (χ3v) is 5.74. The van der Waals surface area contributed by atoms with E-state index in [9.17, 15) is 14.9 Å². The van der Waals surface area contributed by atoms with Gasteiger partial charge in [-0.05, 0) is 43.9 Å². The minimum Gasteiger partial charge on any atom is -0.462 e. The Morgan fingerprint density at radius 2 is 1.59 bits per heavy atom. The van der Waals surface area contributed by atoms with Gasteiger partial charge in [0.2, 0.25) is 0 Å². The lowest BCUT2D eigenvalue weighted by molar-refractivity contribution is 0.0520. The molecule has 1 N–H and O–H groups in total. The maximum atomic E-state index is 13.5. The first-order chi connectivity index (χ1) is 17.5. The second kappa shape index (κ2) is 11.6. The van der Waals surface area contributed by atoms with Crippen LogP contribution in [0.1, 0.15) is 76.8 Å². The summed E-state index contributed by atoms with van der Waals surface area (Å²) in [6, 6.07) is 20.2. The van der Waals surface area contributed by atoms with Crippen LogP contribution in [0.25, 0.3) is 5.57 Å². The summed E-state index contributed by atoms with van der Waals surface area (Å²) < 4.78 is 5.14. The molecule has 2 aromatic carbocycles. The van der Waals surface area contributed by atoms with E-state index < -0.39 is 17.3 Å². The van der Waals surface area contributed by atoms with Gasteiger partial charge in [-0.15, -0.1) is 0 Å². The van der Waals surface area contributed by atoms with E-state index in [1.54, 1.807) is 20.8 Å². The Labute approximate surface area is 218 Å². The molecule has 3 aromatic rings. The summed E-state index contributed by atoms with van der Waals surface area (Å²) in [6.07, 6.45) is 0.776. The summed E-state index contributed by atoms with van der Waals surface area (Å²) in [5, 5.41) is 13.0. The zero-order chi connectivity index (χ0) is 27.2. The number of nitrogens with one attached hydrogen (secondary N) is 1. The molecule has 0 bridgehead atoms. The molecular formula is C30H32N4O3. The van der Waals surface area contributed by atoms with Crippen molar-refractivity contribution in [2.24, 2.45) is 5.41 Å². The lowest BCUT2D eigenvalue weighted by atomic mass is 9.86. The molecule has 0 saturated carbocycles. The van der Waals surface area contributed by atoms with E-state index in [0.717, 1.165) is 12.0 Å². The van der Waals surface area contributed by atoms with Crippen LogP contribution >= 0.6 is 0 Å².